The monoisotopic (exact) mass is 174 g/mol. The molecule has 0 spiro atoms. The van der Waals surface area contributed by atoms with Crippen molar-refractivity contribution in [3.63, 3.8) is 0 Å². The van der Waals surface area contributed by atoms with E-state index in [-0.39, 0.29) is 0 Å². The average Bonchev–Trinajstić information content (AvgIpc) is 2.67. The smallest absolute Gasteiger partial charge is 0.185 e. The largest absolute Gasteiger partial charge is 0.461 e. The molecular weight excluding hydrogens is 168 g/mol. The SMILES string of the molecule is O=Cc1occc1-c1cncnc1. The molecule has 2 rings (SSSR count). The molecule has 0 saturated carbocycles. The first-order chi connectivity index (χ1) is 6.42. The van der Waals surface area contributed by atoms with E-state index in [0.29, 0.717) is 12.0 Å². The highest BCUT2D eigenvalue weighted by molar-refractivity contribution is 5.83. The first-order valence-electron chi connectivity index (χ1n) is 3.70. The number of furan rings is 1. The minimum atomic E-state index is 0.301. The Balaban J connectivity index is 2.52. The maximum absolute atomic E-state index is 10.5. The Morgan fingerprint density at radius 1 is 1.31 bits per heavy atom. The molecule has 0 aromatic carbocycles. The van der Waals surface area contributed by atoms with Crippen LogP contribution in [0.15, 0.2) is 35.5 Å². The van der Waals surface area contributed by atoms with Gasteiger partial charge in [-0.3, -0.25) is 4.79 Å². The van der Waals surface area contributed by atoms with Crippen molar-refractivity contribution in [3.05, 3.63) is 36.8 Å². The molecule has 2 aromatic heterocycles. The summed E-state index contributed by atoms with van der Waals surface area (Å²) in [5.41, 5.74) is 1.49. The third kappa shape index (κ3) is 1.33. The predicted molar refractivity (Wildman–Crippen MR) is 45.1 cm³/mol. The van der Waals surface area contributed by atoms with E-state index in [1.165, 1.54) is 12.6 Å². The Morgan fingerprint density at radius 2 is 2.08 bits per heavy atom. The van der Waals surface area contributed by atoms with Gasteiger partial charge in [0, 0.05) is 23.5 Å². The summed E-state index contributed by atoms with van der Waals surface area (Å²) >= 11 is 0. The van der Waals surface area contributed by atoms with Crippen LogP contribution in [0.3, 0.4) is 0 Å². The molecule has 0 aliphatic rings. The van der Waals surface area contributed by atoms with Gasteiger partial charge in [-0.15, -0.1) is 0 Å². The van der Waals surface area contributed by atoms with Crippen LogP contribution in [0, 0.1) is 0 Å². The zero-order valence-corrected chi connectivity index (χ0v) is 6.68. The standard InChI is InChI=1S/C9H6N2O2/c12-5-9-8(1-2-13-9)7-3-10-6-11-4-7/h1-6H. The third-order valence-electron chi connectivity index (χ3n) is 1.67. The molecular formula is C9H6N2O2. The molecule has 0 aliphatic carbocycles. The fourth-order valence-electron chi connectivity index (χ4n) is 1.09. The number of hydrogen-bond acceptors (Lipinski definition) is 4. The van der Waals surface area contributed by atoms with Crippen LogP contribution >= 0.6 is 0 Å². The minimum absolute atomic E-state index is 0.301. The molecule has 0 amide bonds. The number of hydrogen-bond donors (Lipinski definition) is 0. The van der Waals surface area contributed by atoms with E-state index in [1.54, 1.807) is 18.5 Å². The zero-order chi connectivity index (χ0) is 9.10. The Labute approximate surface area is 74.2 Å². The first-order valence-corrected chi connectivity index (χ1v) is 3.70. The van der Waals surface area contributed by atoms with E-state index in [1.807, 2.05) is 0 Å². The summed E-state index contributed by atoms with van der Waals surface area (Å²) < 4.78 is 4.94. The highest BCUT2D eigenvalue weighted by atomic mass is 16.3. The van der Waals surface area contributed by atoms with Gasteiger partial charge < -0.3 is 4.42 Å². The van der Waals surface area contributed by atoms with Crippen molar-refractivity contribution < 1.29 is 9.21 Å². The van der Waals surface area contributed by atoms with Crippen molar-refractivity contribution >= 4 is 6.29 Å². The lowest BCUT2D eigenvalue weighted by atomic mass is 10.1. The summed E-state index contributed by atoms with van der Waals surface area (Å²) in [6, 6.07) is 1.71. The summed E-state index contributed by atoms with van der Waals surface area (Å²) in [6.07, 6.45) is 6.83. The Bertz CT molecular complexity index is 409. The van der Waals surface area contributed by atoms with Crippen LogP contribution < -0.4 is 0 Å². The van der Waals surface area contributed by atoms with Crippen LogP contribution in [0.4, 0.5) is 0 Å². The third-order valence-corrected chi connectivity index (χ3v) is 1.67. The van der Waals surface area contributed by atoms with E-state index in [9.17, 15) is 4.79 Å². The molecule has 0 aliphatic heterocycles. The lowest BCUT2D eigenvalue weighted by molar-refractivity contribution is 0.110. The molecule has 13 heavy (non-hydrogen) atoms. The fraction of sp³-hybridized carbons (Fsp3) is 0. The van der Waals surface area contributed by atoms with Crippen LogP contribution in [0.2, 0.25) is 0 Å². The van der Waals surface area contributed by atoms with Gasteiger partial charge in [-0.1, -0.05) is 0 Å². The molecule has 4 heteroatoms. The maximum atomic E-state index is 10.5. The van der Waals surface area contributed by atoms with Crippen molar-refractivity contribution in [3.8, 4) is 11.1 Å². The zero-order valence-electron chi connectivity index (χ0n) is 6.68. The second-order valence-electron chi connectivity index (χ2n) is 2.44. The second kappa shape index (κ2) is 3.18. The molecule has 0 fully saturated rings. The van der Waals surface area contributed by atoms with E-state index in [2.05, 4.69) is 9.97 Å². The second-order valence-corrected chi connectivity index (χ2v) is 2.44. The van der Waals surface area contributed by atoms with Gasteiger partial charge in [0.25, 0.3) is 0 Å². The van der Waals surface area contributed by atoms with Crippen LogP contribution in [-0.2, 0) is 0 Å². The molecule has 0 atom stereocenters. The fourth-order valence-corrected chi connectivity index (χ4v) is 1.09. The molecule has 0 radical (unpaired) electrons. The van der Waals surface area contributed by atoms with Crippen molar-refractivity contribution in [1.29, 1.82) is 0 Å². The number of carbonyl (C=O) groups is 1. The van der Waals surface area contributed by atoms with E-state index in [4.69, 9.17) is 4.42 Å². The van der Waals surface area contributed by atoms with Gasteiger partial charge in [0.15, 0.2) is 12.0 Å². The number of rotatable bonds is 2. The minimum Gasteiger partial charge on any atom is -0.461 e. The molecule has 0 saturated heterocycles. The predicted octanol–water partition coefficient (Wildman–Crippen LogP) is 1.55. The van der Waals surface area contributed by atoms with Gasteiger partial charge in [0.1, 0.15) is 6.33 Å². The van der Waals surface area contributed by atoms with Crippen molar-refractivity contribution in [2.75, 3.05) is 0 Å². The number of carbonyl (C=O) groups excluding carboxylic acids is 1. The molecule has 0 unspecified atom stereocenters. The van der Waals surface area contributed by atoms with Crippen LogP contribution in [0.1, 0.15) is 10.6 Å². The number of nitrogens with zero attached hydrogens (tertiary/aromatic N) is 2. The molecule has 2 heterocycles. The summed E-state index contributed by atoms with van der Waals surface area (Å²) in [5, 5.41) is 0. The maximum Gasteiger partial charge on any atom is 0.185 e. The number of aromatic nitrogens is 2. The lowest BCUT2D eigenvalue weighted by Crippen LogP contribution is -1.83. The number of aldehydes is 1. The molecule has 4 nitrogen and oxygen atoms in total. The molecule has 0 bridgehead atoms. The summed E-state index contributed by atoms with van der Waals surface area (Å²) in [5.74, 6) is 0.301. The quantitative estimate of drug-likeness (QED) is 0.648. The van der Waals surface area contributed by atoms with Gasteiger partial charge >= 0.3 is 0 Å². The van der Waals surface area contributed by atoms with Gasteiger partial charge in [-0.2, -0.15) is 0 Å². The van der Waals surface area contributed by atoms with E-state index in [0.717, 1.165) is 11.1 Å². The summed E-state index contributed by atoms with van der Waals surface area (Å²) in [4.78, 5) is 18.2. The van der Waals surface area contributed by atoms with Crippen LogP contribution in [-0.4, -0.2) is 16.3 Å². The van der Waals surface area contributed by atoms with Crippen molar-refractivity contribution in [1.82, 2.24) is 9.97 Å². The first kappa shape index (κ1) is 7.67. The average molecular weight is 174 g/mol. The highest BCUT2D eigenvalue weighted by Gasteiger charge is 2.06. The van der Waals surface area contributed by atoms with Crippen molar-refractivity contribution in [2.24, 2.45) is 0 Å². The van der Waals surface area contributed by atoms with Crippen molar-refractivity contribution in [2.45, 2.75) is 0 Å². The van der Waals surface area contributed by atoms with Crippen LogP contribution in [0.25, 0.3) is 11.1 Å². The van der Waals surface area contributed by atoms with Gasteiger partial charge in [0.2, 0.25) is 0 Å². The Morgan fingerprint density at radius 3 is 2.77 bits per heavy atom. The van der Waals surface area contributed by atoms with E-state index >= 15 is 0 Å². The molecule has 64 valence electrons. The lowest BCUT2D eigenvalue weighted by Gasteiger charge is -1.94. The van der Waals surface area contributed by atoms with Gasteiger partial charge in [-0.05, 0) is 6.07 Å². The Hall–Kier alpha value is -1.97. The van der Waals surface area contributed by atoms with Gasteiger partial charge in [-0.25, -0.2) is 9.97 Å². The van der Waals surface area contributed by atoms with Crippen LogP contribution in [0.5, 0.6) is 0 Å². The summed E-state index contributed by atoms with van der Waals surface area (Å²) in [7, 11) is 0. The topological polar surface area (TPSA) is 56.0 Å². The normalized spacial score (nSPS) is 9.85. The van der Waals surface area contributed by atoms with E-state index < -0.39 is 0 Å². The highest BCUT2D eigenvalue weighted by Crippen LogP contribution is 2.21. The summed E-state index contributed by atoms with van der Waals surface area (Å²) in [6.45, 7) is 0. The molecule has 2 aromatic rings. The Kier molecular flexibility index (Phi) is 1.88. The van der Waals surface area contributed by atoms with Gasteiger partial charge in [0.05, 0.1) is 6.26 Å². The molecule has 0 N–H and O–H groups in total.